The molecule has 6 heteroatoms. The maximum Gasteiger partial charge on any atom is 0.261 e. The van der Waals surface area contributed by atoms with Gasteiger partial charge in [0.05, 0.1) is 11.1 Å². The Balaban J connectivity index is 1.49. The zero-order chi connectivity index (χ0) is 18.0. The number of hydrogen-bond acceptors (Lipinski definition) is 4. The minimum Gasteiger partial charge on any atom is -0.343 e. The summed E-state index contributed by atoms with van der Waals surface area (Å²) in [5.74, 6) is -0.417. The Morgan fingerprint density at radius 1 is 1.12 bits per heavy atom. The van der Waals surface area contributed by atoms with Gasteiger partial charge in [0.2, 0.25) is 5.91 Å². The number of amides is 3. The summed E-state index contributed by atoms with van der Waals surface area (Å²) < 4.78 is 0. The smallest absolute Gasteiger partial charge is 0.261 e. The van der Waals surface area contributed by atoms with E-state index in [2.05, 4.69) is 11.9 Å². The number of carbonyl (C=O) groups is 3. The molecule has 6 nitrogen and oxygen atoms in total. The van der Waals surface area contributed by atoms with Crippen LogP contribution in [0, 0.1) is 0 Å². The van der Waals surface area contributed by atoms with Crippen LogP contribution in [-0.4, -0.2) is 72.2 Å². The molecule has 0 N–H and O–H groups in total. The highest BCUT2D eigenvalue weighted by Crippen LogP contribution is 2.23. The lowest BCUT2D eigenvalue weighted by Gasteiger charge is -2.35. The van der Waals surface area contributed by atoms with E-state index in [9.17, 15) is 14.4 Å². The summed E-state index contributed by atoms with van der Waals surface area (Å²) in [5, 5.41) is 0. The Hall–Kier alpha value is -2.21. The minimum absolute atomic E-state index is 0.0890. The summed E-state index contributed by atoms with van der Waals surface area (Å²) in [7, 11) is 3.96. The number of imide groups is 1. The average molecular weight is 343 g/mol. The molecule has 2 aliphatic heterocycles. The molecule has 0 unspecified atom stereocenters. The summed E-state index contributed by atoms with van der Waals surface area (Å²) >= 11 is 0. The van der Waals surface area contributed by atoms with Gasteiger partial charge in [-0.15, -0.1) is 0 Å². The molecular formula is C19H25N3O3. The monoisotopic (exact) mass is 343 g/mol. The van der Waals surface area contributed by atoms with Gasteiger partial charge < -0.3 is 9.80 Å². The third-order valence-electron chi connectivity index (χ3n) is 5.28. The molecule has 0 radical (unpaired) electrons. The molecule has 0 spiro atoms. The maximum atomic E-state index is 12.4. The number of hydrogen-bond donors (Lipinski definition) is 0. The molecule has 2 heterocycles. The number of benzene rings is 1. The minimum atomic E-state index is -0.253. The first-order chi connectivity index (χ1) is 12.0. The van der Waals surface area contributed by atoms with Gasteiger partial charge in [0, 0.05) is 26.1 Å². The second-order valence-corrected chi connectivity index (χ2v) is 6.95. The lowest BCUT2D eigenvalue weighted by molar-refractivity contribution is -0.132. The summed E-state index contributed by atoms with van der Waals surface area (Å²) in [6.45, 7) is 2.31. The third-order valence-corrected chi connectivity index (χ3v) is 5.28. The number of fused-ring (bicyclic) bond motifs is 1. The number of piperidine rings is 1. The molecular weight excluding hydrogens is 318 g/mol. The molecule has 0 bridgehead atoms. The SMILES string of the molecule is CN1CCC(N(C)C(=O)CCCN2C(=O)c3ccccc3C2=O)CC1. The van der Waals surface area contributed by atoms with E-state index in [0.29, 0.717) is 36.6 Å². The zero-order valence-electron chi connectivity index (χ0n) is 14.9. The second-order valence-electron chi connectivity index (χ2n) is 6.95. The molecule has 1 aromatic carbocycles. The fourth-order valence-electron chi connectivity index (χ4n) is 3.59. The molecule has 3 amide bonds. The van der Waals surface area contributed by atoms with Gasteiger partial charge in [0.15, 0.2) is 0 Å². The van der Waals surface area contributed by atoms with Gasteiger partial charge in [0.25, 0.3) is 11.8 Å². The van der Waals surface area contributed by atoms with Crippen LogP contribution in [0.3, 0.4) is 0 Å². The topological polar surface area (TPSA) is 60.9 Å². The summed E-state index contributed by atoms with van der Waals surface area (Å²) in [6, 6.07) is 7.16. The van der Waals surface area contributed by atoms with Crippen molar-refractivity contribution < 1.29 is 14.4 Å². The van der Waals surface area contributed by atoms with Gasteiger partial charge >= 0.3 is 0 Å². The van der Waals surface area contributed by atoms with Crippen LogP contribution in [0.1, 0.15) is 46.4 Å². The first-order valence-electron chi connectivity index (χ1n) is 8.88. The zero-order valence-corrected chi connectivity index (χ0v) is 14.9. The average Bonchev–Trinajstić information content (AvgIpc) is 2.87. The highest BCUT2D eigenvalue weighted by Gasteiger charge is 2.34. The molecule has 134 valence electrons. The van der Waals surface area contributed by atoms with Crippen molar-refractivity contribution in [3.63, 3.8) is 0 Å². The predicted molar refractivity (Wildman–Crippen MR) is 94.3 cm³/mol. The number of nitrogens with zero attached hydrogens (tertiary/aromatic N) is 3. The first-order valence-corrected chi connectivity index (χ1v) is 8.88. The van der Waals surface area contributed by atoms with E-state index < -0.39 is 0 Å². The van der Waals surface area contributed by atoms with E-state index in [4.69, 9.17) is 0 Å². The second kappa shape index (κ2) is 7.35. The van der Waals surface area contributed by atoms with Crippen LogP contribution in [0.15, 0.2) is 24.3 Å². The quantitative estimate of drug-likeness (QED) is 0.762. The molecule has 0 saturated carbocycles. The molecule has 1 fully saturated rings. The van der Waals surface area contributed by atoms with Crippen molar-refractivity contribution in [1.29, 1.82) is 0 Å². The number of rotatable bonds is 5. The van der Waals surface area contributed by atoms with Crippen LogP contribution in [0.5, 0.6) is 0 Å². The van der Waals surface area contributed by atoms with Crippen molar-refractivity contribution >= 4 is 17.7 Å². The third kappa shape index (κ3) is 3.58. The molecule has 1 saturated heterocycles. The van der Waals surface area contributed by atoms with E-state index in [-0.39, 0.29) is 17.7 Å². The molecule has 25 heavy (non-hydrogen) atoms. The Morgan fingerprint density at radius 3 is 2.24 bits per heavy atom. The largest absolute Gasteiger partial charge is 0.343 e. The molecule has 1 aromatic rings. The standard InChI is InChI=1S/C19H25N3O3/c1-20-12-9-14(10-13-20)21(2)17(23)8-5-11-22-18(24)15-6-3-4-7-16(15)19(22)25/h3-4,6-7,14H,5,8-13H2,1-2H3. The van der Waals surface area contributed by atoms with Crippen LogP contribution in [-0.2, 0) is 4.79 Å². The van der Waals surface area contributed by atoms with Crippen molar-refractivity contribution in [2.24, 2.45) is 0 Å². The van der Waals surface area contributed by atoms with Crippen molar-refractivity contribution in [2.75, 3.05) is 33.7 Å². The normalized spacial score (nSPS) is 18.6. The van der Waals surface area contributed by atoms with Crippen LogP contribution in [0.25, 0.3) is 0 Å². The number of likely N-dealkylation sites (tertiary alicyclic amines) is 1. The van der Waals surface area contributed by atoms with Gasteiger partial charge in [-0.05, 0) is 51.5 Å². The molecule has 0 aromatic heterocycles. The van der Waals surface area contributed by atoms with Crippen LogP contribution in [0.4, 0.5) is 0 Å². The first kappa shape index (κ1) is 17.6. The molecule has 0 aliphatic carbocycles. The van der Waals surface area contributed by atoms with Crippen LogP contribution in [0.2, 0.25) is 0 Å². The Morgan fingerprint density at radius 2 is 1.68 bits per heavy atom. The van der Waals surface area contributed by atoms with Crippen molar-refractivity contribution in [3.8, 4) is 0 Å². The summed E-state index contributed by atoms with van der Waals surface area (Å²) in [5.41, 5.74) is 0.921. The van der Waals surface area contributed by atoms with Crippen LogP contribution >= 0.6 is 0 Å². The Kier molecular flexibility index (Phi) is 5.18. The van der Waals surface area contributed by atoms with E-state index in [1.165, 1.54) is 4.90 Å². The van der Waals surface area contributed by atoms with Gasteiger partial charge in [-0.2, -0.15) is 0 Å². The molecule has 3 rings (SSSR count). The fraction of sp³-hybridized carbons (Fsp3) is 0.526. The molecule has 0 atom stereocenters. The van der Waals surface area contributed by atoms with Gasteiger partial charge in [0.1, 0.15) is 0 Å². The van der Waals surface area contributed by atoms with Gasteiger partial charge in [-0.25, -0.2) is 0 Å². The van der Waals surface area contributed by atoms with E-state index in [1.54, 1.807) is 24.3 Å². The highest BCUT2D eigenvalue weighted by atomic mass is 16.2. The van der Waals surface area contributed by atoms with E-state index in [1.807, 2.05) is 11.9 Å². The Labute approximate surface area is 148 Å². The molecule has 2 aliphatic rings. The van der Waals surface area contributed by atoms with Gasteiger partial charge in [-0.3, -0.25) is 19.3 Å². The highest BCUT2D eigenvalue weighted by molar-refractivity contribution is 6.21. The van der Waals surface area contributed by atoms with Crippen molar-refractivity contribution in [2.45, 2.75) is 31.7 Å². The Bertz CT molecular complexity index is 645. The van der Waals surface area contributed by atoms with E-state index >= 15 is 0 Å². The van der Waals surface area contributed by atoms with Crippen molar-refractivity contribution in [3.05, 3.63) is 35.4 Å². The predicted octanol–water partition coefficient (Wildman–Crippen LogP) is 1.62. The fourth-order valence-corrected chi connectivity index (χ4v) is 3.59. The number of carbonyl (C=O) groups excluding carboxylic acids is 3. The summed E-state index contributed by atoms with van der Waals surface area (Å²) in [6.07, 6.45) is 2.85. The van der Waals surface area contributed by atoms with E-state index in [0.717, 1.165) is 25.9 Å². The summed E-state index contributed by atoms with van der Waals surface area (Å²) in [4.78, 5) is 42.4. The van der Waals surface area contributed by atoms with Crippen LogP contribution < -0.4 is 0 Å². The van der Waals surface area contributed by atoms with Gasteiger partial charge in [-0.1, -0.05) is 12.1 Å². The lowest BCUT2D eigenvalue weighted by Crippen LogP contribution is -2.44. The lowest BCUT2D eigenvalue weighted by atomic mass is 10.0. The maximum absolute atomic E-state index is 12.4. The van der Waals surface area contributed by atoms with Crippen molar-refractivity contribution in [1.82, 2.24) is 14.7 Å².